The lowest BCUT2D eigenvalue weighted by Gasteiger charge is -2.22. The molecule has 188 valence electrons. The Morgan fingerprint density at radius 2 is 2.11 bits per heavy atom. The van der Waals surface area contributed by atoms with Gasteiger partial charge in [-0.3, -0.25) is 14.9 Å². The summed E-state index contributed by atoms with van der Waals surface area (Å²) in [4.78, 5) is 30.0. The molecule has 3 aromatic rings. The summed E-state index contributed by atoms with van der Waals surface area (Å²) >= 11 is 7.47. The first-order valence-electron chi connectivity index (χ1n) is 11.1. The zero-order valence-electron chi connectivity index (χ0n) is 19.2. The molecule has 5 rings (SSSR count). The maximum absolute atomic E-state index is 13.5. The maximum atomic E-state index is 13.5. The first-order chi connectivity index (χ1) is 17.8. The Labute approximate surface area is 218 Å². The summed E-state index contributed by atoms with van der Waals surface area (Å²) in [5, 5.41) is 17.9. The minimum Gasteiger partial charge on any atom is -0.378 e. The number of amides is 1. The number of aryl methyl sites for hydroxylation is 1. The average Bonchev–Trinajstić information content (AvgIpc) is 3.60. The number of halogens is 3. The number of nitrogens with zero attached hydrogens (tertiary/aromatic N) is 5. The van der Waals surface area contributed by atoms with Crippen LogP contribution < -0.4 is 16.2 Å². The lowest BCUT2D eigenvalue weighted by molar-refractivity contribution is 0.102. The van der Waals surface area contributed by atoms with Crippen LogP contribution in [0.25, 0.3) is 11.4 Å². The van der Waals surface area contributed by atoms with Gasteiger partial charge >= 0.3 is 0 Å². The van der Waals surface area contributed by atoms with E-state index in [9.17, 15) is 18.4 Å². The number of aromatic nitrogens is 5. The Bertz CT molecular complexity index is 1570. The van der Waals surface area contributed by atoms with Crippen LogP contribution in [0.3, 0.4) is 0 Å². The van der Waals surface area contributed by atoms with E-state index in [4.69, 9.17) is 11.6 Å². The van der Waals surface area contributed by atoms with Gasteiger partial charge in [0, 0.05) is 35.5 Å². The van der Waals surface area contributed by atoms with Crippen LogP contribution in [-0.2, 0) is 0 Å². The Morgan fingerprint density at radius 1 is 1.30 bits per heavy atom. The van der Waals surface area contributed by atoms with E-state index in [0.717, 1.165) is 28.9 Å². The number of pyridine rings is 1. The molecule has 9 nitrogen and oxygen atoms in total. The molecule has 1 saturated carbocycles. The van der Waals surface area contributed by atoms with Gasteiger partial charge in [-0.15, -0.1) is 10.2 Å². The van der Waals surface area contributed by atoms with Gasteiger partial charge in [0.15, 0.2) is 10.8 Å². The number of dihydropyridines is 1. The van der Waals surface area contributed by atoms with Crippen molar-refractivity contribution in [2.75, 3.05) is 5.32 Å². The van der Waals surface area contributed by atoms with Crippen molar-refractivity contribution in [2.24, 2.45) is 5.92 Å². The summed E-state index contributed by atoms with van der Waals surface area (Å²) in [5.74, 6) is 5.87. The molecule has 4 heterocycles. The van der Waals surface area contributed by atoms with Crippen molar-refractivity contribution in [3.05, 3.63) is 73.9 Å². The summed E-state index contributed by atoms with van der Waals surface area (Å²) in [6, 6.07) is 1.44. The number of alkyl halides is 2. The molecule has 2 aliphatic rings. The third-order valence-corrected chi connectivity index (χ3v) is 6.53. The number of hydrogen-bond acceptors (Lipinski definition) is 8. The minimum absolute atomic E-state index is 0.0254. The number of carbonyl (C=O) groups is 1. The molecule has 1 atom stereocenters. The van der Waals surface area contributed by atoms with E-state index in [2.05, 4.69) is 42.8 Å². The lowest BCUT2D eigenvalue weighted by Crippen LogP contribution is -2.32. The van der Waals surface area contributed by atoms with E-state index in [1.165, 1.54) is 36.8 Å². The third-order valence-electron chi connectivity index (χ3n) is 5.46. The van der Waals surface area contributed by atoms with Crippen molar-refractivity contribution in [1.82, 2.24) is 30.3 Å². The van der Waals surface area contributed by atoms with Crippen molar-refractivity contribution >= 4 is 39.5 Å². The fraction of sp³-hybridized carbons (Fsp3) is 0.250. The van der Waals surface area contributed by atoms with Gasteiger partial charge in [-0.2, -0.15) is 9.78 Å². The van der Waals surface area contributed by atoms with Crippen LogP contribution in [0.4, 0.5) is 13.9 Å². The number of rotatable bonds is 5. The first-order valence-corrected chi connectivity index (χ1v) is 12.3. The van der Waals surface area contributed by atoms with Gasteiger partial charge in [0.2, 0.25) is 5.13 Å². The predicted octanol–water partition coefficient (Wildman–Crippen LogP) is 3.50. The zero-order chi connectivity index (χ0) is 26.1. The molecular weight excluding hydrogens is 524 g/mol. The van der Waals surface area contributed by atoms with E-state index in [1.54, 1.807) is 6.92 Å². The molecule has 1 fully saturated rings. The Morgan fingerprint density at radius 3 is 2.84 bits per heavy atom. The number of carbonyl (C=O) groups excluding carboxylic acids is 1. The van der Waals surface area contributed by atoms with Gasteiger partial charge in [0.25, 0.3) is 17.9 Å². The fourth-order valence-electron chi connectivity index (χ4n) is 3.43. The van der Waals surface area contributed by atoms with Crippen LogP contribution in [-0.4, -0.2) is 43.3 Å². The van der Waals surface area contributed by atoms with Crippen LogP contribution in [0.5, 0.6) is 0 Å². The number of anilines is 1. The van der Waals surface area contributed by atoms with Crippen LogP contribution in [0.15, 0.2) is 46.6 Å². The highest BCUT2D eigenvalue weighted by Gasteiger charge is 2.26. The zero-order valence-corrected chi connectivity index (χ0v) is 20.8. The van der Waals surface area contributed by atoms with E-state index in [1.807, 2.05) is 0 Å². The van der Waals surface area contributed by atoms with E-state index < -0.39 is 23.9 Å². The second-order valence-electron chi connectivity index (χ2n) is 8.38. The van der Waals surface area contributed by atoms with E-state index >= 15 is 0 Å². The summed E-state index contributed by atoms with van der Waals surface area (Å²) in [5.41, 5.74) is 0.590. The van der Waals surface area contributed by atoms with Crippen LogP contribution in [0, 0.1) is 24.7 Å². The third kappa shape index (κ3) is 5.58. The maximum Gasteiger partial charge on any atom is 0.273 e. The Hall–Kier alpha value is -3.95. The predicted molar refractivity (Wildman–Crippen MR) is 135 cm³/mol. The highest BCUT2D eigenvalue weighted by atomic mass is 35.5. The normalized spacial score (nSPS) is 16.8. The highest BCUT2D eigenvalue weighted by molar-refractivity contribution is 7.15. The fourth-order valence-corrected chi connectivity index (χ4v) is 4.26. The van der Waals surface area contributed by atoms with Crippen LogP contribution in [0.2, 0.25) is 0 Å². The molecule has 1 amide bonds. The largest absolute Gasteiger partial charge is 0.378 e. The standard InChI is InChI=1S/C24H18ClF2N7O2S/c1-12-6-21(35)34(30-9-12)19-8-14(15-7-18(22(26)27)28-11-17(15)25)16(10-29-19)23(36)31-24-33-32-20(37-24)5-4-13-2-3-13/h6-11,13,18,22,28H,2-3H2,1H3,(H,31,33,36). The summed E-state index contributed by atoms with van der Waals surface area (Å²) < 4.78 is 28.0. The molecule has 0 bridgehead atoms. The summed E-state index contributed by atoms with van der Waals surface area (Å²) in [7, 11) is 0. The Kier molecular flexibility index (Phi) is 6.82. The van der Waals surface area contributed by atoms with Crippen molar-refractivity contribution in [1.29, 1.82) is 0 Å². The topological polar surface area (TPSA) is 115 Å². The number of allylic oxidation sites excluding steroid dienone is 2. The molecule has 13 heteroatoms. The van der Waals surface area contributed by atoms with Gasteiger partial charge in [-0.1, -0.05) is 28.9 Å². The molecule has 0 spiro atoms. The van der Waals surface area contributed by atoms with E-state index in [-0.39, 0.29) is 32.7 Å². The van der Waals surface area contributed by atoms with Gasteiger partial charge < -0.3 is 5.32 Å². The second kappa shape index (κ2) is 10.2. The molecule has 0 aromatic carbocycles. The van der Waals surface area contributed by atoms with Gasteiger partial charge in [-0.25, -0.2) is 13.8 Å². The molecule has 1 unspecified atom stereocenters. The molecule has 2 N–H and O–H groups in total. The highest BCUT2D eigenvalue weighted by Crippen LogP contribution is 2.33. The SMILES string of the molecule is Cc1cnn(-c2cc(C3=CC(C(F)F)NC=C3Cl)c(C(=O)Nc3nnc(C#CC4CC4)s3)cn2)c(=O)c1. The monoisotopic (exact) mass is 541 g/mol. The smallest absolute Gasteiger partial charge is 0.273 e. The molecule has 0 radical (unpaired) electrons. The van der Waals surface area contributed by atoms with Crippen LogP contribution in [0.1, 0.15) is 39.3 Å². The van der Waals surface area contributed by atoms with Gasteiger partial charge in [-0.05, 0) is 43.4 Å². The summed E-state index contributed by atoms with van der Waals surface area (Å²) in [6.45, 7) is 1.72. The second-order valence-corrected chi connectivity index (χ2v) is 9.77. The number of hydrogen-bond donors (Lipinski definition) is 2. The average molecular weight is 542 g/mol. The number of nitrogens with one attached hydrogen (secondary N) is 2. The van der Waals surface area contributed by atoms with Gasteiger partial charge in [0.05, 0.1) is 16.8 Å². The van der Waals surface area contributed by atoms with E-state index in [0.29, 0.717) is 16.5 Å². The van der Waals surface area contributed by atoms with Gasteiger partial charge in [0.1, 0.15) is 6.04 Å². The van der Waals surface area contributed by atoms with Crippen molar-refractivity contribution in [2.45, 2.75) is 32.2 Å². The quantitative estimate of drug-likeness (QED) is 0.475. The molecule has 37 heavy (non-hydrogen) atoms. The molecule has 0 saturated heterocycles. The lowest BCUT2D eigenvalue weighted by atomic mass is 9.97. The van der Waals surface area contributed by atoms with Crippen molar-refractivity contribution < 1.29 is 13.6 Å². The molecular formula is C24H18ClF2N7O2S. The van der Waals surface area contributed by atoms with Crippen LogP contribution >= 0.6 is 22.9 Å². The Balaban J connectivity index is 1.54. The molecule has 1 aliphatic heterocycles. The minimum atomic E-state index is -2.73. The molecule has 3 aromatic heterocycles. The van der Waals surface area contributed by atoms with Crippen molar-refractivity contribution in [3.63, 3.8) is 0 Å². The summed E-state index contributed by atoms with van der Waals surface area (Å²) in [6.07, 6.45) is 4.58. The molecule has 1 aliphatic carbocycles. The van der Waals surface area contributed by atoms with Crippen molar-refractivity contribution in [3.8, 4) is 17.7 Å². The first kappa shape index (κ1) is 24.7.